The van der Waals surface area contributed by atoms with Crippen LogP contribution in [0.4, 0.5) is 5.69 Å². The second-order valence-corrected chi connectivity index (χ2v) is 9.79. The van der Waals surface area contributed by atoms with Crippen LogP contribution in [-0.2, 0) is 13.3 Å². The van der Waals surface area contributed by atoms with E-state index in [-0.39, 0.29) is 0 Å². The van der Waals surface area contributed by atoms with Gasteiger partial charge in [0.2, 0.25) is 0 Å². The van der Waals surface area contributed by atoms with E-state index in [2.05, 4.69) is 55.1 Å². The summed E-state index contributed by atoms with van der Waals surface area (Å²) >= 11 is 0. The molecule has 0 saturated heterocycles. The highest BCUT2D eigenvalue weighted by Crippen LogP contribution is 2.29. The number of nitrogens with zero attached hydrogens (tertiary/aromatic N) is 2. The molecule has 0 bridgehead atoms. The zero-order chi connectivity index (χ0) is 19.9. The quantitative estimate of drug-likeness (QED) is 0.514. The fraction of sp³-hybridized carbons (Fsp3) is 0.619. The van der Waals surface area contributed by atoms with E-state index in [0.29, 0.717) is 19.8 Å². The van der Waals surface area contributed by atoms with Crippen LogP contribution in [0.3, 0.4) is 0 Å². The summed E-state index contributed by atoms with van der Waals surface area (Å²) < 4.78 is 17.9. The Hall–Kier alpha value is -1.34. The van der Waals surface area contributed by atoms with Gasteiger partial charge >= 0.3 is 8.80 Å². The van der Waals surface area contributed by atoms with Gasteiger partial charge in [0, 0.05) is 50.5 Å². The highest BCUT2D eigenvalue weighted by Gasteiger charge is 2.39. The van der Waals surface area contributed by atoms with Gasteiger partial charge in [-0.15, -0.1) is 0 Å². The molecule has 0 amide bonds. The molecule has 0 saturated carbocycles. The summed E-state index contributed by atoms with van der Waals surface area (Å²) in [4.78, 5) is 4.68. The summed E-state index contributed by atoms with van der Waals surface area (Å²) in [5, 5.41) is 0. The highest BCUT2D eigenvalue weighted by atomic mass is 28.4. The van der Waals surface area contributed by atoms with Crippen LogP contribution >= 0.6 is 0 Å². The molecule has 1 aromatic carbocycles. The van der Waals surface area contributed by atoms with Crippen LogP contribution in [-0.4, -0.2) is 46.7 Å². The van der Waals surface area contributed by atoms with Gasteiger partial charge in [-0.3, -0.25) is 0 Å². The molecule has 0 fully saturated rings. The smallest absolute Gasteiger partial charge is 0.374 e. The molecule has 0 atom stereocenters. The first-order valence-corrected chi connectivity index (χ1v) is 12.1. The molecule has 0 spiro atoms. The van der Waals surface area contributed by atoms with Crippen molar-refractivity contribution in [2.45, 2.75) is 54.0 Å². The monoisotopic (exact) mass is 392 g/mol. The van der Waals surface area contributed by atoms with Gasteiger partial charge in [-0.05, 0) is 59.1 Å². The Morgan fingerprint density at radius 1 is 0.889 bits per heavy atom. The third kappa shape index (κ3) is 5.81. The van der Waals surface area contributed by atoms with Crippen molar-refractivity contribution in [3.63, 3.8) is 0 Å². The lowest BCUT2D eigenvalue weighted by molar-refractivity contribution is 0.0703. The Morgan fingerprint density at radius 2 is 1.44 bits per heavy atom. The van der Waals surface area contributed by atoms with E-state index < -0.39 is 8.80 Å². The van der Waals surface area contributed by atoms with Crippen LogP contribution in [0.2, 0.25) is 6.04 Å². The van der Waals surface area contributed by atoms with Gasteiger partial charge in [-0.2, -0.15) is 0 Å². The Bertz CT molecular complexity index is 596. The Labute approximate surface area is 166 Å². The maximum Gasteiger partial charge on any atom is 0.500 e. The SMILES string of the molecule is CCO[Si](CCCN1C=CN(c2c(C)cc(C)cc2C)C1)(OCC)OCC. The fourth-order valence-electron chi connectivity index (χ4n) is 3.88. The lowest BCUT2D eigenvalue weighted by Crippen LogP contribution is -2.46. The molecular formula is C21H36N2O3Si. The molecule has 1 aliphatic heterocycles. The first-order valence-electron chi connectivity index (χ1n) is 10.1. The maximum atomic E-state index is 5.96. The topological polar surface area (TPSA) is 34.2 Å². The van der Waals surface area contributed by atoms with Crippen LogP contribution in [0.25, 0.3) is 0 Å². The largest absolute Gasteiger partial charge is 0.500 e. The molecule has 0 aliphatic carbocycles. The van der Waals surface area contributed by atoms with Crippen LogP contribution in [0, 0.1) is 20.8 Å². The predicted molar refractivity (Wildman–Crippen MR) is 114 cm³/mol. The van der Waals surface area contributed by atoms with Gasteiger partial charge in [-0.25, -0.2) is 0 Å². The van der Waals surface area contributed by atoms with Gasteiger partial charge < -0.3 is 23.1 Å². The van der Waals surface area contributed by atoms with E-state index >= 15 is 0 Å². The molecule has 27 heavy (non-hydrogen) atoms. The lowest BCUT2D eigenvalue weighted by atomic mass is 10.0. The second kappa shape index (κ2) is 10.3. The molecule has 0 radical (unpaired) electrons. The van der Waals surface area contributed by atoms with Gasteiger partial charge in [0.25, 0.3) is 0 Å². The van der Waals surface area contributed by atoms with Gasteiger partial charge in [-0.1, -0.05) is 17.7 Å². The minimum absolute atomic E-state index is 0.635. The third-order valence-electron chi connectivity index (χ3n) is 4.74. The van der Waals surface area contributed by atoms with E-state index in [1.807, 2.05) is 20.8 Å². The Morgan fingerprint density at radius 3 is 1.96 bits per heavy atom. The number of hydrogen-bond donors (Lipinski definition) is 0. The lowest BCUT2D eigenvalue weighted by Gasteiger charge is -2.29. The number of rotatable bonds is 11. The summed E-state index contributed by atoms with van der Waals surface area (Å²) in [5.41, 5.74) is 5.29. The van der Waals surface area contributed by atoms with E-state index in [9.17, 15) is 0 Å². The Balaban J connectivity index is 1.92. The zero-order valence-corrected chi connectivity index (χ0v) is 18.9. The molecule has 0 N–H and O–H groups in total. The van der Waals surface area contributed by atoms with E-state index in [1.54, 1.807) is 0 Å². The summed E-state index contributed by atoms with van der Waals surface area (Å²) in [6.45, 7) is 16.3. The van der Waals surface area contributed by atoms with Crippen molar-refractivity contribution < 1.29 is 13.3 Å². The number of hydrogen-bond acceptors (Lipinski definition) is 5. The molecule has 152 valence electrons. The van der Waals surface area contributed by atoms with Crippen LogP contribution in [0.1, 0.15) is 43.9 Å². The standard InChI is InChI=1S/C21H36N2O3Si/c1-7-24-27(25-8-2,26-9-3)14-10-11-22-12-13-23(17-22)21-19(5)15-18(4)16-20(21)6/h12-13,15-16H,7-11,14,17H2,1-6H3. The molecule has 1 heterocycles. The van der Waals surface area contributed by atoms with Crippen molar-refractivity contribution in [2.75, 3.05) is 37.9 Å². The molecule has 5 nitrogen and oxygen atoms in total. The molecule has 6 heteroatoms. The van der Waals surface area contributed by atoms with Gasteiger partial charge in [0.1, 0.15) is 0 Å². The minimum Gasteiger partial charge on any atom is -0.374 e. The molecular weight excluding hydrogens is 356 g/mol. The molecule has 0 aromatic heterocycles. The normalized spacial score (nSPS) is 14.4. The average Bonchev–Trinajstić information content (AvgIpc) is 3.03. The van der Waals surface area contributed by atoms with Gasteiger partial charge in [0.05, 0.1) is 6.67 Å². The number of benzene rings is 1. The van der Waals surface area contributed by atoms with Crippen molar-refractivity contribution in [1.82, 2.24) is 4.90 Å². The number of anilines is 1. The zero-order valence-electron chi connectivity index (χ0n) is 17.9. The highest BCUT2D eigenvalue weighted by molar-refractivity contribution is 6.60. The first-order chi connectivity index (χ1) is 12.9. The molecule has 1 aromatic rings. The molecule has 2 rings (SSSR count). The summed E-state index contributed by atoms with van der Waals surface area (Å²) in [6.07, 6.45) is 5.36. The first kappa shape index (κ1) is 22.0. The van der Waals surface area contributed by atoms with Crippen LogP contribution in [0.15, 0.2) is 24.5 Å². The predicted octanol–water partition coefficient (Wildman–Crippen LogP) is 4.60. The summed E-state index contributed by atoms with van der Waals surface area (Å²) in [7, 11) is -2.54. The average molecular weight is 393 g/mol. The van der Waals surface area contributed by atoms with E-state index in [1.165, 1.54) is 22.4 Å². The van der Waals surface area contributed by atoms with Crippen LogP contribution < -0.4 is 4.90 Å². The third-order valence-corrected chi connectivity index (χ3v) is 7.89. The van der Waals surface area contributed by atoms with Crippen molar-refractivity contribution >= 4 is 14.5 Å². The summed E-state index contributed by atoms with van der Waals surface area (Å²) in [6, 6.07) is 5.37. The van der Waals surface area contributed by atoms with Crippen molar-refractivity contribution in [1.29, 1.82) is 0 Å². The minimum atomic E-state index is -2.54. The molecule has 1 aliphatic rings. The molecule has 0 unspecified atom stereocenters. The maximum absolute atomic E-state index is 5.96. The number of aryl methyl sites for hydroxylation is 3. The van der Waals surface area contributed by atoms with E-state index in [0.717, 1.165) is 25.7 Å². The summed E-state index contributed by atoms with van der Waals surface area (Å²) in [5.74, 6) is 0. The Kier molecular flexibility index (Phi) is 8.35. The van der Waals surface area contributed by atoms with Gasteiger partial charge in [0.15, 0.2) is 0 Å². The van der Waals surface area contributed by atoms with Crippen molar-refractivity contribution in [2.24, 2.45) is 0 Å². The van der Waals surface area contributed by atoms with Crippen LogP contribution in [0.5, 0.6) is 0 Å². The van der Waals surface area contributed by atoms with Crippen molar-refractivity contribution in [3.8, 4) is 0 Å². The fourth-order valence-corrected chi connectivity index (χ4v) is 6.47. The van der Waals surface area contributed by atoms with Crippen molar-refractivity contribution in [3.05, 3.63) is 41.2 Å². The van der Waals surface area contributed by atoms with E-state index in [4.69, 9.17) is 13.3 Å². The second-order valence-electron chi connectivity index (χ2n) is 7.05.